The van der Waals surface area contributed by atoms with E-state index >= 15 is 0 Å². The Kier molecular flexibility index (Phi) is 4.06. The van der Waals surface area contributed by atoms with Gasteiger partial charge < -0.3 is 10.0 Å². The Morgan fingerprint density at radius 3 is 3.00 bits per heavy atom. The molecule has 98 valence electrons. The van der Waals surface area contributed by atoms with Gasteiger partial charge in [-0.05, 0) is 25.0 Å². The predicted molar refractivity (Wildman–Crippen MR) is 71.0 cm³/mol. The highest BCUT2D eigenvalue weighted by Gasteiger charge is 2.32. The van der Waals surface area contributed by atoms with Gasteiger partial charge in [-0.2, -0.15) is 0 Å². The second kappa shape index (κ2) is 5.56. The second-order valence-corrected chi connectivity index (χ2v) is 5.42. The molecule has 5 nitrogen and oxygen atoms in total. The third-order valence-corrected chi connectivity index (χ3v) is 3.92. The lowest BCUT2D eigenvalue weighted by Crippen LogP contribution is -2.47. The first-order valence-electron chi connectivity index (χ1n) is 5.97. The number of anilines is 1. The third kappa shape index (κ3) is 2.75. The molecular weight excluding hydrogens is 250 g/mol. The van der Waals surface area contributed by atoms with Crippen LogP contribution in [0.3, 0.4) is 0 Å². The van der Waals surface area contributed by atoms with E-state index in [-0.39, 0.29) is 0 Å². The molecule has 1 N–H and O–H groups in total. The number of thioether (sulfide) groups is 1. The molecule has 1 aromatic heterocycles. The number of hydrogen-bond acceptors (Lipinski definition) is 5. The minimum atomic E-state index is -0.772. The highest BCUT2D eigenvalue weighted by molar-refractivity contribution is 7.98. The van der Waals surface area contributed by atoms with Crippen molar-refractivity contribution in [2.24, 2.45) is 5.92 Å². The molecule has 2 heterocycles. The van der Waals surface area contributed by atoms with Crippen molar-refractivity contribution in [3.05, 3.63) is 12.4 Å². The van der Waals surface area contributed by atoms with Crippen LogP contribution in [-0.4, -0.2) is 39.9 Å². The maximum Gasteiger partial charge on any atom is 0.326 e. The van der Waals surface area contributed by atoms with Crippen LogP contribution in [0.15, 0.2) is 17.4 Å². The number of aromatic nitrogens is 2. The molecule has 0 radical (unpaired) electrons. The molecule has 1 fully saturated rings. The predicted octanol–water partition coefficient (Wildman–Crippen LogP) is 1.89. The standard InChI is InChI=1S/C12H17N3O2S/c1-8-3-4-15(9(5-8)12(16)17)10-6-11(18-2)14-7-13-10/h6-9H,3-5H2,1-2H3,(H,16,17). The van der Waals surface area contributed by atoms with Crippen LogP contribution in [-0.2, 0) is 4.79 Å². The molecule has 0 spiro atoms. The summed E-state index contributed by atoms with van der Waals surface area (Å²) in [4.78, 5) is 21.5. The molecule has 1 aliphatic heterocycles. The fourth-order valence-electron chi connectivity index (χ4n) is 2.25. The summed E-state index contributed by atoms with van der Waals surface area (Å²) >= 11 is 1.53. The summed E-state index contributed by atoms with van der Waals surface area (Å²) in [6, 6.07) is 1.38. The fourth-order valence-corrected chi connectivity index (χ4v) is 2.62. The zero-order valence-corrected chi connectivity index (χ0v) is 11.4. The Balaban J connectivity index is 2.26. The zero-order valence-electron chi connectivity index (χ0n) is 10.5. The number of aliphatic carboxylic acids is 1. The summed E-state index contributed by atoms with van der Waals surface area (Å²) in [5.74, 6) is 0.392. The fraction of sp³-hybridized carbons (Fsp3) is 0.583. The molecule has 6 heteroatoms. The molecule has 18 heavy (non-hydrogen) atoms. The van der Waals surface area contributed by atoms with Crippen LogP contribution >= 0.6 is 11.8 Å². The number of carboxylic acid groups (broad SMARTS) is 1. The Hall–Kier alpha value is -1.30. The van der Waals surface area contributed by atoms with Crippen molar-refractivity contribution in [1.29, 1.82) is 0 Å². The van der Waals surface area contributed by atoms with Crippen LogP contribution < -0.4 is 4.90 Å². The normalized spacial score (nSPS) is 24.0. The second-order valence-electron chi connectivity index (χ2n) is 4.60. The van der Waals surface area contributed by atoms with E-state index in [4.69, 9.17) is 0 Å². The lowest BCUT2D eigenvalue weighted by molar-refractivity contribution is -0.139. The van der Waals surface area contributed by atoms with Gasteiger partial charge in [0.25, 0.3) is 0 Å². The minimum absolute atomic E-state index is 0.448. The molecule has 0 amide bonds. The highest BCUT2D eigenvalue weighted by atomic mass is 32.2. The maximum atomic E-state index is 11.3. The smallest absolute Gasteiger partial charge is 0.326 e. The molecule has 0 aromatic carbocycles. The lowest BCUT2D eigenvalue weighted by Gasteiger charge is -2.36. The molecule has 2 unspecified atom stereocenters. The molecular formula is C12H17N3O2S. The van der Waals surface area contributed by atoms with Crippen molar-refractivity contribution in [3.8, 4) is 0 Å². The summed E-state index contributed by atoms with van der Waals surface area (Å²) in [6.07, 6.45) is 5.12. The topological polar surface area (TPSA) is 66.3 Å². The number of carbonyl (C=O) groups is 1. The van der Waals surface area contributed by atoms with Crippen molar-refractivity contribution in [3.63, 3.8) is 0 Å². The number of rotatable bonds is 3. The zero-order chi connectivity index (χ0) is 13.1. The quantitative estimate of drug-likeness (QED) is 0.666. The lowest BCUT2D eigenvalue weighted by atomic mass is 9.92. The van der Waals surface area contributed by atoms with E-state index in [1.54, 1.807) is 0 Å². The van der Waals surface area contributed by atoms with Crippen LogP contribution in [0, 0.1) is 5.92 Å². The van der Waals surface area contributed by atoms with Crippen LogP contribution in [0.2, 0.25) is 0 Å². The van der Waals surface area contributed by atoms with Crippen molar-refractivity contribution in [2.45, 2.75) is 30.8 Å². The number of hydrogen-bond donors (Lipinski definition) is 1. The first kappa shape index (κ1) is 13.1. The van der Waals surface area contributed by atoms with E-state index in [0.717, 1.165) is 18.0 Å². The van der Waals surface area contributed by atoms with Crippen molar-refractivity contribution in [2.75, 3.05) is 17.7 Å². The largest absolute Gasteiger partial charge is 0.480 e. The average molecular weight is 267 g/mol. The van der Waals surface area contributed by atoms with Gasteiger partial charge in [0, 0.05) is 12.6 Å². The van der Waals surface area contributed by atoms with E-state index in [0.29, 0.717) is 18.2 Å². The maximum absolute atomic E-state index is 11.3. The first-order chi connectivity index (χ1) is 8.61. The molecule has 0 saturated carbocycles. The number of piperidine rings is 1. The van der Waals surface area contributed by atoms with E-state index in [1.807, 2.05) is 17.2 Å². The van der Waals surface area contributed by atoms with Gasteiger partial charge in [-0.15, -0.1) is 11.8 Å². The van der Waals surface area contributed by atoms with Gasteiger partial charge >= 0.3 is 5.97 Å². The summed E-state index contributed by atoms with van der Waals surface area (Å²) in [7, 11) is 0. The summed E-state index contributed by atoms with van der Waals surface area (Å²) < 4.78 is 0. The molecule has 1 saturated heterocycles. The van der Waals surface area contributed by atoms with Gasteiger partial charge in [0.1, 0.15) is 23.2 Å². The van der Waals surface area contributed by atoms with Crippen molar-refractivity contribution in [1.82, 2.24) is 9.97 Å². The van der Waals surface area contributed by atoms with E-state index in [2.05, 4.69) is 16.9 Å². The van der Waals surface area contributed by atoms with Gasteiger partial charge in [-0.1, -0.05) is 6.92 Å². The Labute approximate surface area is 111 Å². The van der Waals surface area contributed by atoms with Crippen molar-refractivity contribution >= 4 is 23.5 Å². The molecule has 0 aliphatic carbocycles. The van der Waals surface area contributed by atoms with E-state index in [9.17, 15) is 9.90 Å². The third-order valence-electron chi connectivity index (χ3n) is 3.28. The van der Waals surface area contributed by atoms with Crippen LogP contribution in [0.4, 0.5) is 5.82 Å². The Bertz CT molecular complexity index is 441. The van der Waals surface area contributed by atoms with Crippen LogP contribution in [0.25, 0.3) is 0 Å². The van der Waals surface area contributed by atoms with Gasteiger partial charge in [0.2, 0.25) is 0 Å². The van der Waals surface area contributed by atoms with Crippen LogP contribution in [0.1, 0.15) is 19.8 Å². The molecule has 1 aliphatic rings. The monoisotopic (exact) mass is 267 g/mol. The number of nitrogens with zero attached hydrogens (tertiary/aromatic N) is 3. The van der Waals surface area contributed by atoms with E-state index in [1.165, 1.54) is 18.1 Å². The minimum Gasteiger partial charge on any atom is -0.480 e. The summed E-state index contributed by atoms with van der Waals surface area (Å²) in [5, 5.41) is 10.2. The van der Waals surface area contributed by atoms with Gasteiger partial charge in [0.15, 0.2) is 0 Å². The Morgan fingerprint density at radius 2 is 2.33 bits per heavy atom. The van der Waals surface area contributed by atoms with Gasteiger partial charge in [-0.25, -0.2) is 14.8 Å². The molecule has 1 aromatic rings. The molecule has 2 atom stereocenters. The van der Waals surface area contributed by atoms with Gasteiger partial charge in [0.05, 0.1) is 0 Å². The highest BCUT2D eigenvalue weighted by Crippen LogP contribution is 2.28. The molecule has 0 bridgehead atoms. The summed E-state index contributed by atoms with van der Waals surface area (Å²) in [6.45, 7) is 2.84. The van der Waals surface area contributed by atoms with E-state index < -0.39 is 12.0 Å². The van der Waals surface area contributed by atoms with Gasteiger partial charge in [-0.3, -0.25) is 0 Å². The average Bonchev–Trinajstić information content (AvgIpc) is 2.38. The summed E-state index contributed by atoms with van der Waals surface area (Å²) in [5.41, 5.74) is 0. The first-order valence-corrected chi connectivity index (χ1v) is 7.19. The van der Waals surface area contributed by atoms with Crippen molar-refractivity contribution < 1.29 is 9.90 Å². The number of carboxylic acids is 1. The Morgan fingerprint density at radius 1 is 1.56 bits per heavy atom. The van der Waals surface area contributed by atoms with Crippen LogP contribution in [0.5, 0.6) is 0 Å². The molecule has 2 rings (SSSR count). The SMILES string of the molecule is CSc1cc(N2CCC(C)CC2C(=O)O)ncn1.